The minimum absolute atomic E-state index is 0.0242. The van der Waals surface area contributed by atoms with Crippen molar-refractivity contribution in [2.75, 3.05) is 5.32 Å². The molecule has 0 aromatic heterocycles. The molecule has 4 atom stereocenters. The van der Waals surface area contributed by atoms with Gasteiger partial charge in [-0.05, 0) is 41.8 Å². The standard InChI is InChI=1S/C27H21Cl2N3O4/c28-18-6-2-1-4-15(18)13-32-24(34)21-20(12-14-8-10-16(33)11-9-14)31-27(22(21)25(32)35)17-5-3-7-19(29)23(17)30-26(27)36/h1-11,20-22,31,33H,12-13H2,(H,30,36)/t20-,21-,22+,27-/m1/s1. The predicted molar refractivity (Wildman–Crippen MR) is 134 cm³/mol. The third kappa shape index (κ3) is 3.27. The summed E-state index contributed by atoms with van der Waals surface area (Å²) in [5.74, 6) is -2.77. The van der Waals surface area contributed by atoms with Gasteiger partial charge >= 0.3 is 0 Å². The molecule has 0 unspecified atom stereocenters. The van der Waals surface area contributed by atoms with E-state index in [0.29, 0.717) is 33.3 Å². The molecule has 0 aliphatic carbocycles. The lowest BCUT2D eigenvalue weighted by Crippen LogP contribution is -2.53. The van der Waals surface area contributed by atoms with E-state index in [0.717, 1.165) is 5.56 Å². The number of carbonyl (C=O) groups excluding carboxylic acids is 3. The van der Waals surface area contributed by atoms with Crippen LogP contribution in [0.4, 0.5) is 5.69 Å². The fraction of sp³-hybridized carbons (Fsp3) is 0.222. The van der Waals surface area contributed by atoms with Crippen molar-refractivity contribution in [3.05, 3.63) is 93.5 Å². The van der Waals surface area contributed by atoms with Crippen LogP contribution in [0, 0.1) is 11.8 Å². The summed E-state index contributed by atoms with van der Waals surface area (Å²) in [6.07, 6.45) is 0.380. The molecule has 3 aromatic carbocycles. The van der Waals surface area contributed by atoms with Gasteiger partial charge in [-0.2, -0.15) is 0 Å². The number of imide groups is 1. The molecule has 7 nitrogen and oxygen atoms in total. The summed E-state index contributed by atoms with van der Waals surface area (Å²) >= 11 is 12.7. The van der Waals surface area contributed by atoms with Gasteiger partial charge in [0.15, 0.2) is 0 Å². The molecule has 6 rings (SSSR count). The molecule has 1 spiro atoms. The van der Waals surface area contributed by atoms with E-state index in [9.17, 15) is 19.5 Å². The minimum Gasteiger partial charge on any atom is -0.508 e. The first kappa shape index (κ1) is 23.0. The number of para-hydroxylation sites is 1. The van der Waals surface area contributed by atoms with E-state index in [2.05, 4.69) is 10.6 Å². The van der Waals surface area contributed by atoms with Crippen LogP contribution in [0.2, 0.25) is 10.0 Å². The van der Waals surface area contributed by atoms with E-state index in [-0.39, 0.29) is 18.2 Å². The Labute approximate surface area is 217 Å². The number of benzene rings is 3. The maximum Gasteiger partial charge on any atom is 0.250 e. The quantitative estimate of drug-likeness (QED) is 0.452. The number of nitrogens with one attached hydrogen (secondary N) is 2. The Morgan fingerprint density at radius 2 is 1.61 bits per heavy atom. The van der Waals surface area contributed by atoms with Crippen LogP contribution < -0.4 is 10.6 Å². The highest BCUT2D eigenvalue weighted by atomic mass is 35.5. The number of carbonyl (C=O) groups is 3. The van der Waals surface area contributed by atoms with Crippen molar-refractivity contribution in [1.29, 1.82) is 0 Å². The molecule has 182 valence electrons. The van der Waals surface area contributed by atoms with E-state index < -0.39 is 35.2 Å². The summed E-state index contributed by atoms with van der Waals surface area (Å²) in [6.45, 7) is 0.0242. The van der Waals surface area contributed by atoms with Crippen LogP contribution in [0.3, 0.4) is 0 Å². The maximum absolute atomic E-state index is 13.9. The SMILES string of the molecule is O=C1[C@H]2[C@@H](C(=O)N1Cc1ccccc1Cl)[C@@]1(N[C@@H]2Cc2ccc(O)cc2)C(=O)Nc2c(Cl)cccc21. The number of likely N-dealkylation sites (tertiary alicyclic amines) is 1. The average Bonchev–Trinajstić information content (AvgIpc) is 3.43. The topological polar surface area (TPSA) is 98.7 Å². The van der Waals surface area contributed by atoms with Crippen molar-refractivity contribution in [1.82, 2.24) is 10.2 Å². The Balaban J connectivity index is 1.45. The van der Waals surface area contributed by atoms with E-state index in [1.807, 2.05) is 0 Å². The molecule has 2 fully saturated rings. The fourth-order valence-corrected chi connectivity index (χ4v) is 6.28. The average molecular weight is 522 g/mol. The Morgan fingerprint density at radius 1 is 0.889 bits per heavy atom. The molecule has 36 heavy (non-hydrogen) atoms. The van der Waals surface area contributed by atoms with Gasteiger partial charge in [0.25, 0.3) is 0 Å². The molecule has 3 aliphatic rings. The third-order valence-corrected chi connectivity index (χ3v) is 8.15. The van der Waals surface area contributed by atoms with Crippen molar-refractivity contribution < 1.29 is 19.5 Å². The van der Waals surface area contributed by atoms with E-state index in [4.69, 9.17) is 23.2 Å². The molecule has 3 heterocycles. The molecule has 3 amide bonds. The number of phenolic OH excluding ortho intramolecular Hbond substituents is 1. The second-order valence-corrected chi connectivity index (χ2v) is 10.2. The number of anilines is 1. The van der Waals surface area contributed by atoms with Gasteiger partial charge in [-0.15, -0.1) is 0 Å². The highest BCUT2D eigenvalue weighted by molar-refractivity contribution is 6.35. The van der Waals surface area contributed by atoms with Crippen LogP contribution in [-0.2, 0) is 32.9 Å². The summed E-state index contributed by atoms with van der Waals surface area (Å²) in [5, 5.41) is 16.7. The zero-order valence-electron chi connectivity index (χ0n) is 18.9. The number of aromatic hydroxyl groups is 1. The van der Waals surface area contributed by atoms with Crippen LogP contribution in [0.5, 0.6) is 5.75 Å². The number of amides is 3. The van der Waals surface area contributed by atoms with Crippen LogP contribution in [0.1, 0.15) is 16.7 Å². The number of hydrogen-bond donors (Lipinski definition) is 3. The van der Waals surface area contributed by atoms with Gasteiger partial charge in [-0.25, -0.2) is 0 Å². The summed E-state index contributed by atoms with van der Waals surface area (Å²) in [4.78, 5) is 42.6. The lowest BCUT2D eigenvalue weighted by Gasteiger charge is -2.29. The monoisotopic (exact) mass is 521 g/mol. The largest absolute Gasteiger partial charge is 0.508 e. The van der Waals surface area contributed by atoms with Gasteiger partial charge in [0, 0.05) is 16.6 Å². The van der Waals surface area contributed by atoms with Crippen molar-refractivity contribution in [3.63, 3.8) is 0 Å². The second-order valence-electron chi connectivity index (χ2n) is 9.40. The molecule has 0 radical (unpaired) electrons. The zero-order valence-corrected chi connectivity index (χ0v) is 20.4. The van der Waals surface area contributed by atoms with E-state index in [1.54, 1.807) is 66.7 Å². The first-order chi connectivity index (χ1) is 17.3. The van der Waals surface area contributed by atoms with Crippen molar-refractivity contribution in [2.24, 2.45) is 11.8 Å². The van der Waals surface area contributed by atoms with Gasteiger partial charge in [-0.3, -0.25) is 24.6 Å². The number of hydrogen-bond acceptors (Lipinski definition) is 5. The Hall–Kier alpha value is -3.39. The van der Waals surface area contributed by atoms with Gasteiger partial charge in [0.2, 0.25) is 17.7 Å². The molecule has 9 heteroatoms. The highest BCUT2D eigenvalue weighted by Crippen LogP contribution is 2.54. The Kier molecular flexibility index (Phi) is 5.33. The smallest absolute Gasteiger partial charge is 0.250 e. The molecule has 0 saturated carbocycles. The third-order valence-electron chi connectivity index (χ3n) is 7.47. The van der Waals surface area contributed by atoms with Crippen LogP contribution in [0.25, 0.3) is 0 Å². The Morgan fingerprint density at radius 3 is 2.36 bits per heavy atom. The predicted octanol–water partition coefficient (Wildman–Crippen LogP) is 3.86. The van der Waals surface area contributed by atoms with Crippen LogP contribution in [0.15, 0.2) is 66.7 Å². The molecular weight excluding hydrogens is 501 g/mol. The Bertz CT molecular complexity index is 1430. The molecule has 3 aromatic rings. The molecule has 3 N–H and O–H groups in total. The summed E-state index contributed by atoms with van der Waals surface area (Å²) in [6, 6.07) is 18.4. The first-order valence-electron chi connectivity index (χ1n) is 11.6. The van der Waals surface area contributed by atoms with Gasteiger partial charge in [0.05, 0.1) is 29.1 Å². The highest BCUT2D eigenvalue weighted by Gasteiger charge is 2.70. The fourth-order valence-electron chi connectivity index (χ4n) is 5.87. The number of rotatable bonds is 4. The van der Waals surface area contributed by atoms with Crippen molar-refractivity contribution in [3.8, 4) is 5.75 Å². The van der Waals surface area contributed by atoms with E-state index >= 15 is 0 Å². The van der Waals surface area contributed by atoms with Crippen molar-refractivity contribution >= 4 is 46.6 Å². The lowest BCUT2D eigenvalue weighted by atomic mass is 9.76. The lowest BCUT2D eigenvalue weighted by molar-refractivity contribution is -0.143. The normalized spacial score (nSPS) is 26.4. The summed E-state index contributed by atoms with van der Waals surface area (Å²) in [7, 11) is 0. The first-order valence-corrected chi connectivity index (χ1v) is 12.3. The summed E-state index contributed by atoms with van der Waals surface area (Å²) < 4.78 is 0. The number of phenols is 1. The van der Waals surface area contributed by atoms with Gasteiger partial charge < -0.3 is 10.4 Å². The molecular formula is C27H21Cl2N3O4. The molecule has 0 bridgehead atoms. The maximum atomic E-state index is 13.9. The molecule has 2 saturated heterocycles. The van der Waals surface area contributed by atoms with Gasteiger partial charge in [-0.1, -0.05) is 65.7 Å². The number of fused-ring (bicyclic) bond motifs is 4. The van der Waals surface area contributed by atoms with E-state index in [1.165, 1.54) is 4.90 Å². The van der Waals surface area contributed by atoms with Gasteiger partial charge in [0.1, 0.15) is 11.3 Å². The van der Waals surface area contributed by atoms with Crippen LogP contribution >= 0.6 is 23.2 Å². The number of nitrogens with zero attached hydrogens (tertiary/aromatic N) is 1. The molecule has 3 aliphatic heterocycles. The number of halogens is 2. The summed E-state index contributed by atoms with van der Waals surface area (Å²) in [5.41, 5.74) is 1.08. The van der Waals surface area contributed by atoms with Crippen molar-refractivity contribution in [2.45, 2.75) is 24.5 Å². The minimum atomic E-state index is -1.44. The van der Waals surface area contributed by atoms with Crippen LogP contribution in [-0.4, -0.2) is 33.8 Å². The zero-order chi connectivity index (χ0) is 25.2. The second kappa shape index (κ2) is 8.34.